The van der Waals surface area contributed by atoms with Crippen LogP contribution in [0.25, 0.3) is 5.52 Å². The second kappa shape index (κ2) is 6.57. The van der Waals surface area contributed by atoms with E-state index in [1.807, 2.05) is 4.90 Å². The molecule has 134 valence electrons. The normalized spacial score (nSPS) is 24.9. The second-order valence-electron chi connectivity index (χ2n) is 6.75. The van der Waals surface area contributed by atoms with Gasteiger partial charge in [0.25, 0.3) is 5.56 Å². The maximum Gasteiger partial charge on any atom is 0.293 e. The summed E-state index contributed by atoms with van der Waals surface area (Å²) in [6.45, 7) is 6.88. The smallest absolute Gasteiger partial charge is 0.293 e. The van der Waals surface area contributed by atoms with E-state index in [0.717, 1.165) is 26.3 Å². The minimum absolute atomic E-state index is 0.0386. The highest BCUT2D eigenvalue weighted by Gasteiger charge is 2.36. The van der Waals surface area contributed by atoms with E-state index < -0.39 is 0 Å². The van der Waals surface area contributed by atoms with Crippen LogP contribution in [0.2, 0.25) is 0 Å². The maximum atomic E-state index is 12.7. The molecule has 2 atom stereocenters. The highest BCUT2D eigenvalue weighted by atomic mass is 16.5. The molecule has 0 spiro atoms. The number of nitrogens with zero attached hydrogens (tertiary/aromatic N) is 6. The first kappa shape index (κ1) is 16.2. The van der Waals surface area contributed by atoms with Gasteiger partial charge in [-0.1, -0.05) is 6.92 Å². The number of hydrogen-bond acceptors (Lipinski definition) is 6. The van der Waals surface area contributed by atoms with Crippen molar-refractivity contribution in [1.82, 2.24) is 29.2 Å². The molecule has 2 aliphatic heterocycles. The van der Waals surface area contributed by atoms with E-state index in [2.05, 4.69) is 22.0 Å². The topological polar surface area (TPSA) is 85.0 Å². The molecule has 0 aromatic carbocycles. The first-order valence-corrected chi connectivity index (χ1v) is 8.62. The van der Waals surface area contributed by atoms with Gasteiger partial charge in [0, 0.05) is 32.2 Å². The van der Waals surface area contributed by atoms with Gasteiger partial charge < -0.3 is 9.64 Å². The molecule has 0 N–H and O–H groups in total. The lowest BCUT2D eigenvalue weighted by atomic mass is 10.0. The van der Waals surface area contributed by atoms with E-state index in [0.29, 0.717) is 30.6 Å². The Morgan fingerprint density at radius 2 is 2.08 bits per heavy atom. The molecule has 0 bridgehead atoms. The molecule has 4 heterocycles. The minimum atomic E-state index is -0.301. The SMILES string of the molecule is CC1CN(C(=O)Cn2ncn3nccc3c2=O)CC1N1CCOCC1. The number of fused-ring (bicyclic) bond motifs is 1. The molecule has 2 unspecified atom stereocenters. The van der Waals surface area contributed by atoms with Crippen molar-refractivity contribution in [2.75, 3.05) is 39.4 Å². The summed E-state index contributed by atoms with van der Waals surface area (Å²) in [7, 11) is 0. The van der Waals surface area contributed by atoms with Crippen molar-refractivity contribution in [1.29, 1.82) is 0 Å². The molecule has 2 saturated heterocycles. The largest absolute Gasteiger partial charge is 0.379 e. The van der Waals surface area contributed by atoms with E-state index in [4.69, 9.17) is 4.74 Å². The molecule has 0 aliphatic carbocycles. The first-order chi connectivity index (χ1) is 12.1. The van der Waals surface area contributed by atoms with Crippen LogP contribution in [0.5, 0.6) is 0 Å². The minimum Gasteiger partial charge on any atom is -0.379 e. The van der Waals surface area contributed by atoms with Gasteiger partial charge in [0.2, 0.25) is 5.91 Å². The highest BCUT2D eigenvalue weighted by Crippen LogP contribution is 2.22. The Morgan fingerprint density at radius 3 is 2.88 bits per heavy atom. The van der Waals surface area contributed by atoms with Crippen LogP contribution in [0.1, 0.15) is 6.92 Å². The Labute approximate surface area is 144 Å². The Bertz CT molecular complexity index is 825. The van der Waals surface area contributed by atoms with Crippen LogP contribution in [0.3, 0.4) is 0 Å². The summed E-state index contributed by atoms with van der Waals surface area (Å²) < 4.78 is 8.04. The number of ether oxygens (including phenoxy) is 1. The average molecular weight is 346 g/mol. The number of carbonyl (C=O) groups is 1. The summed E-state index contributed by atoms with van der Waals surface area (Å²) in [5.41, 5.74) is 0.120. The van der Waals surface area contributed by atoms with Crippen molar-refractivity contribution < 1.29 is 9.53 Å². The van der Waals surface area contributed by atoms with Crippen LogP contribution in [-0.4, -0.2) is 80.5 Å². The zero-order valence-corrected chi connectivity index (χ0v) is 14.2. The Kier molecular flexibility index (Phi) is 4.26. The van der Waals surface area contributed by atoms with E-state index in [-0.39, 0.29) is 18.0 Å². The fraction of sp³-hybridized carbons (Fsp3) is 0.625. The predicted molar refractivity (Wildman–Crippen MR) is 89.2 cm³/mol. The molecule has 0 radical (unpaired) electrons. The third kappa shape index (κ3) is 3.05. The molecule has 0 saturated carbocycles. The van der Waals surface area contributed by atoms with Gasteiger partial charge >= 0.3 is 0 Å². The number of amides is 1. The lowest BCUT2D eigenvalue weighted by Crippen LogP contribution is -2.47. The zero-order valence-electron chi connectivity index (χ0n) is 14.2. The molecular weight excluding hydrogens is 324 g/mol. The van der Waals surface area contributed by atoms with Crippen molar-refractivity contribution in [3.05, 3.63) is 28.9 Å². The van der Waals surface area contributed by atoms with Crippen LogP contribution in [0, 0.1) is 5.92 Å². The number of carbonyl (C=O) groups excluding carboxylic acids is 1. The lowest BCUT2D eigenvalue weighted by molar-refractivity contribution is -0.131. The van der Waals surface area contributed by atoms with Crippen LogP contribution < -0.4 is 5.56 Å². The lowest BCUT2D eigenvalue weighted by Gasteiger charge is -2.33. The van der Waals surface area contributed by atoms with E-state index in [9.17, 15) is 9.59 Å². The van der Waals surface area contributed by atoms with Gasteiger partial charge in [-0.3, -0.25) is 14.5 Å². The number of aromatic nitrogens is 4. The standard InChI is InChI=1S/C16H22N6O3/c1-12-8-20(9-14(12)19-4-6-25-7-5-19)15(23)10-21-16(24)13-2-3-17-22(13)11-18-21/h2-3,11-12,14H,4-10H2,1H3. The number of hydrogen-bond donors (Lipinski definition) is 0. The van der Waals surface area contributed by atoms with Crippen molar-refractivity contribution in [3.63, 3.8) is 0 Å². The number of morpholine rings is 1. The highest BCUT2D eigenvalue weighted by molar-refractivity contribution is 5.76. The van der Waals surface area contributed by atoms with E-state index in [1.165, 1.54) is 15.5 Å². The molecular formula is C16H22N6O3. The third-order valence-corrected chi connectivity index (χ3v) is 5.15. The van der Waals surface area contributed by atoms with Gasteiger partial charge in [-0.15, -0.1) is 0 Å². The van der Waals surface area contributed by atoms with Crippen molar-refractivity contribution in [3.8, 4) is 0 Å². The van der Waals surface area contributed by atoms with Crippen LogP contribution >= 0.6 is 0 Å². The van der Waals surface area contributed by atoms with Gasteiger partial charge in [0.05, 0.1) is 19.4 Å². The van der Waals surface area contributed by atoms with Gasteiger partial charge in [0.15, 0.2) is 0 Å². The quantitative estimate of drug-likeness (QED) is 0.714. The summed E-state index contributed by atoms with van der Waals surface area (Å²) in [5.74, 6) is 0.338. The molecule has 2 aromatic rings. The summed E-state index contributed by atoms with van der Waals surface area (Å²) in [6, 6.07) is 1.98. The Morgan fingerprint density at radius 1 is 1.28 bits per heavy atom. The maximum absolute atomic E-state index is 12.7. The average Bonchev–Trinajstić information content (AvgIpc) is 3.25. The van der Waals surface area contributed by atoms with Crippen LogP contribution in [0.15, 0.2) is 23.4 Å². The van der Waals surface area contributed by atoms with Gasteiger partial charge in [0.1, 0.15) is 18.4 Å². The summed E-state index contributed by atoms with van der Waals surface area (Å²) in [6.07, 6.45) is 2.99. The summed E-state index contributed by atoms with van der Waals surface area (Å²) in [5, 5.41) is 8.03. The first-order valence-electron chi connectivity index (χ1n) is 8.62. The van der Waals surface area contributed by atoms with Gasteiger partial charge in [-0.2, -0.15) is 10.2 Å². The molecule has 1 amide bonds. The molecule has 2 aliphatic rings. The van der Waals surface area contributed by atoms with Crippen LogP contribution in [0.4, 0.5) is 0 Å². The number of rotatable bonds is 3. The van der Waals surface area contributed by atoms with Crippen molar-refractivity contribution in [2.24, 2.45) is 5.92 Å². The van der Waals surface area contributed by atoms with Gasteiger partial charge in [-0.25, -0.2) is 9.20 Å². The monoisotopic (exact) mass is 346 g/mol. The molecule has 4 rings (SSSR count). The summed E-state index contributed by atoms with van der Waals surface area (Å²) >= 11 is 0. The molecule has 2 aromatic heterocycles. The zero-order chi connectivity index (χ0) is 17.4. The van der Waals surface area contributed by atoms with Gasteiger partial charge in [-0.05, 0) is 12.0 Å². The van der Waals surface area contributed by atoms with E-state index >= 15 is 0 Å². The van der Waals surface area contributed by atoms with E-state index in [1.54, 1.807) is 12.3 Å². The molecule has 9 nitrogen and oxygen atoms in total. The Hall–Kier alpha value is -2.26. The Balaban J connectivity index is 1.45. The van der Waals surface area contributed by atoms with Crippen molar-refractivity contribution >= 4 is 11.4 Å². The predicted octanol–water partition coefficient (Wildman–Crippen LogP) is -0.930. The number of likely N-dealkylation sites (tertiary alicyclic amines) is 1. The second-order valence-corrected chi connectivity index (χ2v) is 6.75. The molecule has 9 heteroatoms. The molecule has 25 heavy (non-hydrogen) atoms. The summed E-state index contributed by atoms with van der Waals surface area (Å²) in [4.78, 5) is 29.3. The third-order valence-electron chi connectivity index (χ3n) is 5.15. The fourth-order valence-electron chi connectivity index (χ4n) is 3.75. The molecule has 2 fully saturated rings. The van der Waals surface area contributed by atoms with Crippen LogP contribution in [-0.2, 0) is 16.1 Å². The fourth-order valence-corrected chi connectivity index (χ4v) is 3.75. The van der Waals surface area contributed by atoms with Crippen molar-refractivity contribution in [2.45, 2.75) is 19.5 Å².